The van der Waals surface area contributed by atoms with Crippen LogP contribution in [0.15, 0.2) is 54.9 Å². The van der Waals surface area contributed by atoms with Crippen LogP contribution in [0.1, 0.15) is 21.5 Å². The van der Waals surface area contributed by atoms with E-state index in [1.54, 1.807) is 0 Å². The molecular weight excluding hydrogens is 359 g/mol. The summed E-state index contributed by atoms with van der Waals surface area (Å²) in [4.78, 5) is 19.1. The van der Waals surface area contributed by atoms with Crippen molar-refractivity contribution in [2.24, 2.45) is 0 Å². The van der Waals surface area contributed by atoms with Gasteiger partial charge in [-0.2, -0.15) is 18.4 Å². The molecule has 0 aliphatic heterocycles. The Balaban J connectivity index is 1.97. The van der Waals surface area contributed by atoms with Gasteiger partial charge in [0.1, 0.15) is 0 Å². The lowest BCUT2D eigenvalue weighted by molar-refractivity contribution is -0.137. The highest BCUT2D eigenvalue weighted by Gasteiger charge is 2.30. The van der Waals surface area contributed by atoms with E-state index in [4.69, 9.17) is 5.11 Å². The molecule has 2 aromatic heterocycles. The number of aromatic carboxylic acids is 1. The molecule has 27 heavy (non-hydrogen) atoms. The molecule has 0 saturated heterocycles. The molecule has 0 saturated carbocycles. The Morgan fingerprint density at radius 3 is 2.19 bits per heavy atom. The first kappa shape index (κ1) is 18.1. The highest BCUT2D eigenvalue weighted by Crippen LogP contribution is 2.32. The lowest BCUT2D eigenvalue weighted by Crippen LogP contribution is -2.04. The van der Waals surface area contributed by atoms with Crippen molar-refractivity contribution < 1.29 is 23.1 Å². The number of alkyl halides is 3. The number of nitrogens with zero attached hydrogens (tertiary/aromatic N) is 3. The van der Waals surface area contributed by atoms with Crippen molar-refractivity contribution in [2.45, 2.75) is 6.18 Å². The minimum Gasteiger partial charge on any atom is -0.478 e. The zero-order valence-electron chi connectivity index (χ0n) is 13.5. The molecule has 2 heterocycles. The molecule has 0 unspecified atom stereocenters. The molecule has 3 aromatic rings. The van der Waals surface area contributed by atoms with Crippen molar-refractivity contribution in [3.8, 4) is 28.6 Å². The topological polar surface area (TPSA) is 86.9 Å². The molecule has 3 rings (SSSR count). The number of carbonyl (C=O) groups is 1. The zero-order valence-corrected chi connectivity index (χ0v) is 13.5. The van der Waals surface area contributed by atoms with Crippen LogP contribution < -0.4 is 0 Å². The van der Waals surface area contributed by atoms with Crippen LogP contribution in [0.4, 0.5) is 13.2 Å². The fourth-order valence-corrected chi connectivity index (χ4v) is 2.43. The summed E-state index contributed by atoms with van der Waals surface area (Å²) in [5, 5.41) is 18.3. The molecule has 1 aromatic carbocycles. The van der Waals surface area contributed by atoms with Gasteiger partial charge in [-0.05, 0) is 35.9 Å². The molecule has 0 atom stereocenters. The largest absolute Gasteiger partial charge is 0.478 e. The fourth-order valence-electron chi connectivity index (χ4n) is 2.43. The van der Waals surface area contributed by atoms with Gasteiger partial charge in [0.2, 0.25) is 0 Å². The minimum absolute atomic E-state index is 0.0145. The van der Waals surface area contributed by atoms with Crippen molar-refractivity contribution in [3.05, 3.63) is 71.5 Å². The maximum absolute atomic E-state index is 12.7. The van der Waals surface area contributed by atoms with Crippen molar-refractivity contribution in [2.75, 3.05) is 0 Å². The molecule has 0 spiro atoms. The molecule has 0 fully saturated rings. The van der Waals surface area contributed by atoms with Crippen LogP contribution in [-0.4, -0.2) is 21.0 Å². The molecule has 5 nitrogen and oxygen atoms in total. The molecule has 0 bridgehead atoms. The standard InChI is InChI=1S/C19H10F3N3O2/c20-19(21,22)14-4-1-11(2-5-14)15-10-25-17(7-13(15)8-23)16-6-3-12(9-24-16)18(26)27/h1-7,9-10H,(H,26,27). The van der Waals surface area contributed by atoms with Gasteiger partial charge in [0.15, 0.2) is 0 Å². The minimum atomic E-state index is -4.44. The Bertz CT molecular complexity index is 1040. The Labute approximate surface area is 151 Å². The van der Waals surface area contributed by atoms with E-state index in [0.717, 1.165) is 12.1 Å². The number of hydrogen-bond donors (Lipinski definition) is 1. The third-order valence-corrected chi connectivity index (χ3v) is 3.82. The van der Waals surface area contributed by atoms with Crippen molar-refractivity contribution in [1.29, 1.82) is 5.26 Å². The molecule has 0 radical (unpaired) electrons. The quantitative estimate of drug-likeness (QED) is 0.739. The molecule has 1 N–H and O–H groups in total. The van der Waals surface area contributed by atoms with Crippen LogP contribution in [0, 0.1) is 11.3 Å². The molecule has 0 amide bonds. The number of pyridine rings is 2. The second kappa shape index (κ2) is 6.88. The van der Waals surface area contributed by atoms with E-state index < -0.39 is 17.7 Å². The monoisotopic (exact) mass is 369 g/mol. The Hall–Kier alpha value is -3.73. The van der Waals surface area contributed by atoms with E-state index in [2.05, 4.69) is 9.97 Å². The predicted octanol–water partition coefficient (Wildman–Crippen LogP) is 4.40. The second-order valence-corrected chi connectivity index (χ2v) is 5.54. The van der Waals surface area contributed by atoms with Gasteiger partial charge >= 0.3 is 12.1 Å². The summed E-state index contributed by atoms with van der Waals surface area (Å²) < 4.78 is 38.0. The smallest absolute Gasteiger partial charge is 0.416 e. The van der Waals surface area contributed by atoms with Crippen LogP contribution >= 0.6 is 0 Å². The van der Waals surface area contributed by atoms with Crippen molar-refractivity contribution in [3.63, 3.8) is 0 Å². The van der Waals surface area contributed by atoms with Gasteiger partial charge in [0.05, 0.1) is 34.1 Å². The molecule has 0 aliphatic carbocycles. The Kier molecular flexibility index (Phi) is 4.60. The molecule has 8 heteroatoms. The van der Waals surface area contributed by atoms with Crippen molar-refractivity contribution in [1.82, 2.24) is 9.97 Å². The van der Waals surface area contributed by atoms with Gasteiger partial charge in [-0.25, -0.2) is 4.79 Å². The van der Waals surface area contributed by atoms with E-state index in [1.165, 1.54) is 42.7 Å². The number of halogens is 3. The highest BCUT2D eigenvalue weighted by molar-refractivity contribution is 5.87. The highest BCUT2D eigenvalue weighted by atomic mass is 19.4. The summed E-state index contributed by atoms with van der Waals surface area (Å²) in [6.07, 6.45) is -1.88. The predicted molar refractivity (Wildman–Crippen MR) is 89.6 cm³/mol. The van der Waals surface area contributed by atoms with Crippen LogP contribution in [0.5, 0.6) is 0 Å². The third kappa shape index (κ3) is 3.77. The fraction of sp³-hybridized carbons (Fsp3) is 0.0526. The van der Waals surface area contributed by atoms with Crippen LogP contribution in [0.3, 0.4) is 0 Å². The summed E-state index contributed by atoms with van der Waals surface area (Å²) in [7, 11) is 0. The SMILES string of the molecule is N#Cc1cc(-c2ccc(C(=O)O)cn2)ncc1-c1ccc(C(F)(F)F)cc1. The van der Waals surface area contributed by atoms with Crippen LogP contribution in [0.25, 0.3) is 22.5 Å². The molecular formula is C19H10F3N3O2. The number of aromatic nitrogens is 2. The van der Waals surface area contributed by atoms with Gasteiger partial charge in [-0.1, -0.05) is 12.1 Å². The van der Waals surface area contributed by atoms with Gasteiger partial charge in [-0.15, -0.1) is 0 Å². The number of nitriles is 1. The average molecular weight is 369 g/mol. The summed E-state index contributed by atoms with van der Waals surface area (Å²) >= 11 is 0. The van der Waals surface area contributed by atoms with Gasteiger partial charge < -0.3 is 5.11 Å². The Morgan fingerprint density at radius 1 is 1.00 bits per heavy atom. The number of hydrogen-bond acceptors (Lipinski definition) is 4. The van der Waals surface area contributed by atoms with Crippen LogP contribution in [0.2, 0.25) is 0 Å². The maximum Gasteiger partial charge on any atom is 0.416 e. The van der Waals surface area contributed by atoms with E-state index >= 15 is 0 Å². The van der Waals surface area contributed by atoms with E-state index in [9.17, 15) is 23.2 Å². The van der Waals surface area contributed by atoms with E-state index in [1.807, 2.05) is 6.07 Å². The zero-order chi connectivity index (χ0) is 19.6. The first-order valence-corrected chi connectivity index (χ1v) is 7.57. The third-order valence-electron chi connectivity index (χ3n) is 3.82. The maximum atomic E-state index is 12.7. The number of benzene rings is 1. The second-order valence-electron chi connectivity index (χ2n) is 5.54. The summed E-state index contributed by atoms with van der Waals surface area (Å²) in [5.74, 6) is -1.11. The van der Waals surface area contributed by atoms with E-state index in [-0.39, 0.29) is 11.1 Å². The Morgan fingerprint density at radius 2 is 1.67 bits per heavy atom. The van der Waals surface area contributed by atoms with Gasteiger partial charge in [0, 0.05) is 18.0 Å². The first-order chi connectivity index (χ1) is 12.8. The van der Waals surface area contributed by atoms with Crippen LogP contribution in [-0.2, 0) is 6.18 Å². The number of carboxylic acid groups (broad SMARTS) is 1. The lowest BCUT2D eigenvalue weighted by atomic mass is 10.00. The average Bonchev–Trinajstić information content (AvgIpc) is 2.67. The van der Waals surface area contributed by atoms with Gasteiger partial charge in [-0.3, -0.25) is 9.97 Å². The number of carboxylic acids is 1. The normalized spacial score (nSPS) is 11.0. The van der Waals surface area contributed by atoms with Crippen molar-refractivity contribution >= 4 is 5.97 Å². The lowest BCUT2D eigenvalue weighted by Gasteiger charge is -2.09. The summed E-state index contributed by atoms with van der Waals surface area (Å²) in [6, 6.07) is 10.7. The van der Waals surface area contributed by atoms with E-state index in [0.29, 0.717) is 22.5 Å². The van der Waals surface area contributed by atoms with Gasteiger partial charge in [0.25, 0.3) is 0 Å². The molecule has 0 aliphatic rings. The number of rotatable bonds is 3. The summed E-state index contributed by atoms with van der Waals surface area (Å²) in [5.41, 5.74) is 0.973. The first-order valence-electron chi connectivity index (χ1n) is 7.57. The molecule has 134 valence electrons. The summed E-state index contributed by atoms with van der Waals surface area (Å²) in [6.45, 7) is 0.